The van der Waals surface area contributed by atoms with Crippen molar-refractivity contribution in [3.8, 4) is 5.75 Å². The molecule has 0 aliphatic carbocycles. The first-order valence-corrected chi connectivity index (χ1v) is 5.88. The van der Waals surface area contributed by atoms with Crippen molar-refractivity contribution in [1.82, 2.24) is 0 Å². The molecule has 2 atom stereocenters. The summed E-state index contributed by atoms with van der Waals surface area (Å²) in [6, 6.07) is 6.76. The van der Waals surface area contributed by atoms with Crippen LogP contribution in [0.15, 0.2) is 34.3 Å². The van der Waals surface area contributed by atoms with E-state index in [2.05, 4.69) is 0 Å². The molecule has 96 valence electrons. The lowest BCUT2D eigenvalue weighted by Crippen LogP contribution is -2.20. The highest BCUT2D eigenvalue weighted by Gasteiger charge is 2.37. The number of esters is 1. The first-order chi connectivity index (χ1) is 8.54. The summed E-state index contributed by atoms with van der Waals surface area (Å²) in [7, 11) is 1.52. The molecule has 0 aromatic heterocycles. The number of ether oxygens (including phenoxy) is 2. The monoisotopic (exact) mass is 288 g/mol. The fraction of sp³-hybridized carbons (Fsp3) is 0.250. The van der Waals surface area contributed by atoms with Gasteiger partial charge in [0.1, 0.15) is 16.9 Å². The van der Waals surface area contributed by atoms with Crippen LogP contribution in [-0.2, 0) is 9.53 Å². The normalized spacial score (nSPS) is 20.9. The Morgan fingerprint density at radius 1 is 1.44 bits per heavy atom. The van der Waals surface area contributed by atoms with E-state index in [9.17, 15) is 9.90 Å². The van der Waals surface area contributed by atoms with Gasteiger partial charge in [-0.25, -0.2) is 4.79 Å². The minimum absolute atomic E-state index is 0.0111. The second kappa shape index (κ2) is 5.18. The number of cyclic esters (lactones) is 1. The molecule has 18 heavy (non-hydrogen) atoms. The Balaban J connectivity index is 2.27. The van der Waals surface area contributed by atoms with Crippen LogP contribution in [0.5, 0.6) is 5.75 Å². The molecule has 6 heteroatoms. The number of carbonyl (C=O) groups is 1. The Bertz CT molecular complexity index is 513. The first kappa shape index (κ1) is 13.2. The Morgan fingerprint density at radius 2 is 2.17 bits per heavy atom. The molecule has 1 aliphatic rings. The van der Waals surface area contributed by atoms with Crippen molar-refractivity contribution in [2.45, 2.75) is 12.2 Å². The van der Waals surface area contributed by atoms with Crippen molar-refractivity contribution in [1.29, 1.82) is 0 Å². The van der Waals surface area contributed by atoms with Gasteiger partial charge < -0.3 is 14.6 Å². The lowest BCUT2D eigenvalue weighted by molar-refractivity contribution is -0.143. The number of carbonyl (C=O) groups excluding carboxylic acids is 1. The van der Waals surface area contributed by atoms with Crippen LogP contribution in [0.2, 0.25) is 0 Å². The zero-order chi connectivity index (χ0) is 13.3. The molecule has 0 bridgehead atoms. The highest BCUT2D eigenvalue weighted by atomic mass is 35.5. The molecule has 1 aromatic carbocycles. The number of halogens is 2. The molecule has 0 radical (unpaired) electrons. The molecular weight excluding hydrogens is 279 g/mol. The van der Waals surface area contributed by atoms with E-state index in [1.165, 1.54) is 7.11 Å². The highest BCUT2D eigenvalue weighted by Crippen LogP contribution is 2.36. The molecule has 1 aliphatic heterocycles. The number of rotatable bonds is 3. The SMILES string of the molecule is COc1cccc(C(O)C2OC(=O)C(Cl)=C2Cl)c1. The Morgan fingerprint density at radius 3 is 2.72 bits per heavy atom. The molecular formula is C12H10Cl2O4. The van der Waals surface area contributed by atoms with Crippen molar-refractivity contribution in [3.05, 3.63) is 39.9 Å². The van der Waals surface area contributed by atoms with Gasteiger partial charge in [-0.1, -0.05) is 35.3 Å². The molecule has 4 nitrogen and oxygen atoms in total. The minimum atomic E-state index is -1.09. The molecule has 0 saturated heterocycles. The smallest absolute Gasteiger partial charge is 0.351 e. The summed E-state index contributed by atoms with van der Waals surface area (Å²) >= 11 is 11.5. The van der Waals surface area contributed by atoms with Crippen LogP contribution in [0.1, 0.15) is 11.7 Å². The Kier molecular flexibility index (Phi) is 3.80. The van der Waals surface area contributed by atoms with Crippen LogP contribution in [0.3, 0.4) is 0 Å². The van der Waals surface area contributed by atoms with Crippen LogP contribution >= 0.6 is 23.2 Å². The number of hydrogen-bond donors (Lipinski definition) is 1. The number of hydrogen-bond acceptors (Lipinski definition) is 4. The van der Waals surface area contributed by atoms with E-state index in [-0.39, 0.29) is 10.1 Å². The number of methoxy groups -OCH3 is 1. The number of benzene rings is 1. The third-order valence-electron chi connectivity index (χ3n) is 2.59. The van der Waals surface area contributed by atoms with Crippen molar-refractivity contribution in [2.24, 2.45) is 0 Å². The van der Waals surface area contributed by atoms with E-state index >= 15 is 0 Å². The third kappa shape index (κ3) is 2.32. The van der Waals surface area contributed by atoms with Gasteiger partial charge in [0.15, 0.2) is 6.10 Å². The predicted molar refractivity (Wildman–Crippen MR) is 66.6 cm³/mol. The molecule has 1 aromatic rings. The second-order valence-electron chi connectivity index (χ2n) is 3.71. The van der Waals surface area contributed by atoms with Crippen LogP contribution in [-0.4, -0.2) is 24.3 Å². The zero-order valence-corrected chi connectivity index (χ0v) is 10.9. The fourth-order valence-corrected chi connectivity index (χ4v) is 2.04. The lowest BCUT2D eigenvalue weighted by atomic mass is 10.0. The van der Waals surface area contributed by atoms with Gasteiger partial charge in [0, 0.05) is 0 Å². The molecule has 1 heterocycles. The van der Waals surface area contributed by atoms with Gasteiger partial charge in [-0.3, -0.25) is 0 Å². The maximum Gasteiger partial charge on any atom is 0.351 e. The van der Waals surface area contributed by atoms with Crippen LogP contribution in [0.4, 0.5) is 0 Å². The van der Waals surface area contributed by atoms with E-state index in [0.29, 0.717) is 11.3 Å². The largest absolute Gasteiger partial charge is 0.497 e. The summed E-state index contributed by atoms with van der Waals surface area (Å²) in [6.45, 7) is 0. The lowest BCUT2D eigenvalue weighted by Gasteiger charge is -2.18. The highest BCUT2D eigenvalue weighted by molar-refractivity contribution is 6.48. The first-order valence-electron chi connectivity index (χ1n) is 5.12. The van der Waals surface area contributed by atoms with Crippen molar-refractivity contribution in [3.63, 3.8) is 0 Å². The summed E-state index contributed by atoms with van der Waals surface area (Å²) in [5.41, 5.74) is 0.525. The molecule has 2 rings (SSSR count). The number of aliphatic hydroxyl groups is 1. The molecule has 1 N–H and O–H groups in total. The predicted octanol–water partition coefficient (Wildman–Crippen LogP) is 2.34. The molecule has 0 saturated carbocycles. The van der Waals surface area contributed by atoms with Gasteiger partial charge in [-0.15, -0.1) is 0 Å². The van der Waals surface area contributed by atoms with Gasteiger partial charge in [0.05, 0.1) is 12.1 Å². The van der Waals surface area contributed by atoms with E-state index in [1.807, 2.05) is 0 Å². The van der Waals surface area contributed by atoms with Crippen molar-refractivity contribution >= 4 is 29.2 Å². The van der Waals surface area contributed by atoms with E-state index in [0.717, 1.165) is 0 Å². The molecule has 2 unspecified atom stereocenters. The summed E-state index contributed by atoms with van der Waals surface area (Å²) in [5, 5.41) is 9.96. The van der Waals surface area contributed by atoms with Gasteiger partial charge in [-0.2, -0.15) is 0 Å². The average molecular weight is 289 g/mol. The summed E-state index contributed by atoms with van der Waals surface area (Å²) in [4.78, 5) is 11.2. The molecule has 0 amide bonds. The van der Waals surface area contributed by atoms with Crippen LogP contribution in [0, 0.1) is 0 Å². The van der Waals surface area contributed by atoms with Gasteiger partial charge in [0.2, 0.25) is 0 Å². The van der Waals surface area contributed by atoms with Crippen molar-refractivity contribution in [2.75, 3.05) is 7.11 Å². The van der Waals surface area contributed by atoms with Crippen molar-refractivity contribution < 1.29 is 19.4 Å². The topological polar surface area (TPSA) is 55.8 Å². The van der Waals surface area contributed by atoms with E-state index in [1.54, 1.807) is 24.3 Å². The average Bonchev–Trinajstić information content (AvgIpc) is 2.65. The maximum absolute atomic E-state index is 11.2. The quantitative estimate of drug-likeness (QED) is 0.868. The van der Waals surface area contributed by atoms with Crippen LogP contribution in [0.25, 0.3) is 0 Å². The van der Waals surface area contributed by atoms with Gasteiger partial charge in [0.25, 0.3) is 0 Å². The standard InChI is InChI=1S/C12H10Cl2O4/c1-17-7-4-2-3-6(5-7)10(15)11-8(13)9(14)12(16)18-11/h2-5,10-11,15H,1H3. The summed E-state index contributed by atoms with van der Waals surface area (Å²) in [6.07, 6.45) is -2.06. The van der Waals surface area contributed by atoms with Crippen LogP contribution < -0.4 is 4.74 Å². The van der Waals surface area contributed by atoms with Gasteiger partial charge >= 0.3 is 5.97 Å². The second-order valence-corrected chi connectivity index (χ2v) is 4.49. The Labute approximate surface area is 114 Å². The summed E-state index contributed by atoms with van der Waals surface area (Å²) < 4.78 is 9.95. The van der Waals surface area contributed by atoms with E-state index < -0.39 is 18.2 Å². The third-order valence-corrected chi connectivity index (χ3v) is 3.45. The summed E-state index contributed by atoms with van der Waals surface area (Å²) in [5.74, 6) is -0.143. The minimum Gasteiger partial charge on any atom is -0.497 e. The number of aliphatic hydroxyl groups excluding tert-OH is 1. The zero-order valence-electron chi connectivity index (χ0n) is 9.39. The molecule has 0 fully saturated rings. The maximum atomic E-state index is 11.2. The van der Waals surface area contributed by atoms with Gasteiger partial charge in [-0.05, 0) is 17.7 Å². The van der Waals surface area contributed by atoms with E-state index in [4.69, 9.17) is 32.7 Å². The Hall–Kier alpha value is -1.23. The molecule has 0 spiro atoms. The fourth-order valence-electron chi connectivity index (χ4n) is 1.64.